The maximum absolute atomic E-state index is 12.8. The quantitative estimate of drug-likeness (QED) is 0.686. The number of nitrogens with two attached hydrogens (primary N) is 1. The predicted octanol–water partition coefficient (Wildman–Crippen LogP) is 2.31. The summed E-state index contributed by atoms with van der Waals surface area (Å²) in [5.41, 5.74) is 0.911. The van der Waals surface area contributed by atoms with Crippen LogP contribution < -0.4 is 10.5 Å². The molecule has 8 heteroatoms. The van der Waals surface area contributed by atoms with Crippen LogP contribution in [0.3, 0.4) is 0 Å². The second-order valence-corrected chi connectivity index (χ2v) is 8.07. The number of sulfonamides is 1. The Morgan fingerprint density at radius 1 is 1.08 bits per heavy atom. The molecule has 0 saturated carbocycles. The van der Waals surface area contributed by atoms with Crippen LogP contribution in [0.5, 0.6) is 0 Å². The van der Waals surface area contributed by atoms with Gasteiger partial charge >= 0.3 is 0 Å². The molecule has 0 aliphatic heterocycles. The minimum atomic E-state index is -3.68. The SMILES string of the molecule is NS(=O)(=O)c1ccc(CCNC(=O)CCSc2ccc(F)cc2)cc1. The van der Waals surface area contributed by atoms with Crippen molar-refractivity contribution < 1.29 is 17.6 Å². The maximum Gasteiger partial charge on any atom is 0.238 e. The average molecular weight is 382 g/mol. The van der Waals surface area contributed by atoms with E-state index in [1.165, 1.54) is 36.0 Å². The third-order valence-corrected chi connectivity index (χ3v) is 5.34. The van der Waals surface area contributed by atoms with E-state index in [4.69, 9.17) is 5.14 Å². The number of benzene rings is 2. The van der Waals surface area contributed by atoms with Gasteiger partial charge in [-0.1, -0.05) is 12.1 Å². The van der Waals surface area contributed by atoms with Crippen molar-refractivity contribution in [3.05, 3.63) is 59.9 Å². The Labute approximate surface area is 150 Å². The lowest BCUT2D eigenvalue weighted by atomic mass is 10.1. The molecule has 0 aliphatic carbocycles. The summed E-state index contributed by atoms with van der Waals surface area (Å²) in [7, 11) is -3.68. The summed E-state index contributed by atoms with van der Waals surface area (Å²) < 4.78 is 35.1. The average Bonchev–Trinajstić information content (AvgIpc) is 2.56. The Morgan fingerprint density at radius 3 is 2.32 bits per heavy atom. The van der Waals surface area contributed by atoms with Crippen molar-refractivity contribution in [3.8, 4) is 0 Å². The molecule has 134 valence electrons. The number of primary sulfonamides is 1. The Bertz CT molecular complexity index is 807. The van der Waals surface area contributed by atoms with Gasteiger partial charge in [-0.25, -0.2) is 17.9 Å². The fourth-order valence-corrected chi connectivity index (χ4v) is 3.44. The summed E-state index contributed by atoms with van der Waals surface area (Å²) in [6, 6.07) is 12.4. The van der Waals surface area contributed by atoms with Crippen LogP contribution in [0.15, 0.2) is 58.3 Å². The number of nitrogens with one attached hydrogen (secondary N) is 1. The predicted molar refractivity (Wildman–Crippen MR) is 96.3 cm³/mol. The first kappa shape index (κ1) is 19.4. The van der Waals surface area contributed by atoms with E-state index in [2.05, 4.69) is 5.32 Å². The van der Waals surface area contributed by atoms with Gasteiger partial charge in [-0.3, -0.25) is 4.79 Å². The van der Waals surface area contributed by atoms with Gasteiger partial charge in [0, 0.05) is 23.6 Å². The fraction of sp³-hybridized carbons (Fsp3) is 0.235. The van der Waals surface area contributed by atoms with Crippen LogP contribution in [0.2, 0.25) is 0 Å². The molecule has 0 fully saturated rings. The highest BCUT2D eigenvalue weighted by Gasteiger charge is 2.07. The van der Waals surface area contributed by atoms with Crippen LogP contribution in [0.25, 0.3) is 0 Å². The van der Waals surface area contributed by atoms with Crippen molar-refractivity contribution in [2.45, 2.75) is 22.6 Å². The van der Waals surface area contributed by atoms with Crippen LogP contribution in [-0.4, -0.2) is 26.6 Å². The van der Waals surface area contributed by atoms with E-state index < -0.39 is 10.0 Å². The molecule has 0 radical (unpaired) electrons. The number of thioether (sulfide) groups is 1. The Morgan fingerprint density at radius 2 is 1.72 bits per heavy atom. The van der Waals surface area contributed by atoms with Crippen LogP contribution in [-0.2, 0) is 21.2 Å². The van der Waals surface area contributed by atoms with Gasteiger partial charge in [-0.15, -0.1) is 11.8 Å². The number of rotatable bonds is 8. The first-order chi connectivity index (χ1) is 11.8. The lowest BCUT2D eigenvalue weighted by molar-refractivity contribution is -0.120. The molecule has 1 amide bonds. The normalized spacial score (nSPS) is 11.3. The van der Waals surface area contributed by atoms with Crippen LogP contribution >= 0.6 is 11.8 Å². The topological polar surface area (TPSA) is 89.3 Å². The third kappa shape index (κ3) is 6.85. The molecule has 25 heavy (non-hydrogen) atoms. The molecular weight excluding hydrogens is 363 g/mol. The van der Waals surface area contributed by atoms with E-state index in [-0.39, 0.29) is 16.6 Å². The number of halogens is 1. The highest BCUT2D eigenvalue weighted by molar-refractivity contribution is 7.99. The minimum Gasteiger partial charge on any atom is -0.356 e. The van der Waals surface area contributed by atoms with Crippen LogP contribution in [0, 0.1) is 5.82 Å². The van der Waals surface area contributed by atoms with Crippen molar-refractivity contribution in [2.75, 3.05) is 12.3 Å². The number of carbonyl (C=O) groups is 1. The summed E-state index contributed by atoms with van der Waals surface area (Å²) in [5, 5.41) is 7.85. The first-order valence-electron chi connectivity index (χ1n) is 7.61. The zero-order valence-corrected chi connectivity index (χ0v) is 15.1. The number of carbonyl (C=O) groups excluding carboxylic acids is 1. The second kappa shape index (κ2) is 8.98. The summed E-state index contributed by atoms with van der Waals surface area (Å²) >= 11 is 1.49. The molecule has 0 spiro atoms. The Kier molecular flexibility index (Phi) is 6.98. The molecule has 5 nitrogen and oxygen atoms in total. The van der Waals surface area contributed by atoms with E-state index in [1.807, 2.05) is 0 Å². The zero-order valence-electron chi connectivity index (χ0n) is 13.4. The van der Waals surface area contributed by atoms with E-state index in [9.17, 15) is 17.6 Å². The van der Waals surface area contributed by atoms with Crippen molar-refractivity contribution >= 4 is 27.7 Å². The van der Waals surface area contributed by atoms with Gasteiger partial charge in [0.25, 0.3) is 0 Å². The Hall–Kier alpha value is -1.90. The van der Waals surface area contributed by atoms with E-state index >= 15 is 0 Å². The minimum absolute atomic E-state index is 0.0595. The van der Waals surface area contributed by atoms with E-state index in [0.29, 0.717) is 25.1 Å². The smallest absolute Gasteiger partial charge is 0.238 e. The standard InChI is InChI=1S/C17H19FN2O3S2/c18-14-3-5-15(6-4-14)24-12-10-17(21)20-11-9-13-1-7-16(8-2-13)25(19,22)23/h1-8H,9-12H2,(H,20,21)(H2,19,22,23). The monoisotopic (exact) mass is 382 g/mol. The second-order valence-electron chi connectivity index (χ2n) is 5.34. The lowest BCUT2D eigenvalue weighted by Gasteiger charge is -2.06. The number of hydrogen-bond acceptors (Lipinski definition) is 4. The van der Waals surface area contributed by atoms with Gasteiger partial charge in [0.15, 0.2) is 0 Å². The molecule has 2 aromatic carbocycles. The molecule has 0 unspecified atom stereocenters. The summed E-state index contributed by atoms with van der Waals surface area (Å²) in [4.78, 5) is 12.8. The van der Waals surface area contributed by atoms with Crippen LogP contribution in [0.4, 0.5) is 4.39 Å². The lowest BCUT2D eigenvalue weighted by Crippen LogP contribution is -2.25. The van der Waals surface area contributed by atoms with Gasteiger partial charge in [0.05, 0.1) is 4.90 Å². The maximum atomic E-state index is 12.8. The van der Waals surface area contributed by atoms with Crippen molar-refractivity contribution in [1.29, 1.82) is 0 Å². The highest BCUT2D eigenvalue weighted by atomic mass is 32.2. The van der Waals surface area contributed by atoms with Gasteiger partial charge in [0.1, 0.15) is 5.82 Å². The van der Waals surface area contributed by atoms with Gasteiger partial charge in [-0.2, -0.15) is 0 Å². The third-order valence-electron chi connectivity index (χ3n) is 3.40. The van der Waals surface area contributed by atoms with Crippen molar-refractivity contribution in [1.82, 2.24) is 5.32 Å². The highest BCUT2D eigenvalue weighted by Crippen LogP contribution is 2.18. The molecule has 0 heterocycles. The Balaban J connectivity index is 1.67. The van der Waals surface area contributed by atoms with E-state index in [0.717, 1.165) is 10.5 Å². The molecule has 0 saturated heterocycles. The molecule has 0 aliphatic rings. The van der Waals surface area contributed by atoms with Gasteiger partial charge < -0.3 is 5.32 Å². The first-order valence-corrected chi connectivity index (χ1v) is 10.1. The van der Waals surface area contributed by atoms with Crippen molar-refractivity contribution in [2.24, 2.45) is 5.14 Å². The fourth-order valence-electron chi connectivity index (χ4n) is 2.07. The number of amides is 1. The molecule has 0 aromatic heterocycles. The van der Waals surface area contributed by atoms with Gasteiger partial charge in [0.2, 0.25) is 15.9 Å². The summed E-state index contributed by atoms with van der Waals surface area (Å²) in [6.45, 7) is 0.467. The zero-order chi connectivity index (χ0) is 18.3. The van der Waals surface area contributed by atoms with Gasteiger partial charge in [-0.05, 0) is 48.4 Å². The number of hydrogen-bond donors (Lipinski definition) is 2. The molecule has 0 bridgehead atoms. The molecule has 2 aromatic rings. The van der Waals surface area contributed by atoms with E-state index in [1.54, 1.807) is 24.3 Å². The molecular formula is C17H19FN2O3S2. The summed E-state index contributed by atoms with van der Waals surface area (Å²) in [6.07, 6.45) is 0.966. The van der Waals surface area contributed by atoms with Crippen LogP contribution in [0.1, 0.15) is 12.0 Å². The summed E-state index contributed by atoms with van der Waals surface area (Å²) in [5.74, 6) is 0.274. The molecule has 2 rings (SSSR count). The molecule has 3 N–H and O–H groups in total. The largest absolute Gasteiger partial charge is 0.356 e. The molecule has 0 atom stereocenters. The van der Waals surface area contributed by atoms with Crippen molar-refractivity contribution in [3.63, 3.8) is 0 Å².